The number of carbonyl (C=O) groups is 1. The van der Waals surface area contributed by atoms with E-state index in [1.54, 1.807) is 37.3 Å². The Kier molecular flexibility index (Phi) is 7.47. The Labute approximate surface area is 223 Å². The molecule has 1 aliphatic heterocycles. The Hall–Kier alpha value is -4.33. The van der Waals surface area contributed by atoms with Crippen LogP contribution in [-0.2, 0) is 16.1 Å². The molecule has 12 heteroatoms. The molecular formula is C25H18IN3O8. The minimum Gasteiger partial charge on any atom is -0.493 e. The third kappa shape index (κ3) is 5.74. The number of esters is 1. The van der Waals surface area contributed by atoms with Crippen molar-refractivity contribution in [2.75, 3.05) is 7.11 Å². The molecule has 11 nitrogen and oxygen atoms in total. The highest BCUT2D eigenvalue weighted by atomic mass is 127. The van der Waals surface area contributed by atoms with Crippen molar-refractivity contribution in [2.45, 2.75) is 13.5 Å². The van der Waals surface area contributed by atoms with Gasteiger partial charge in [0.1, 0.15) is 6.61 Å². The highest BCUT2D eigenvalue weighted by Crippen LogP contribution is 2.36. The first-order valence-corrected chi connectivity index (χ1v) is 11.8. The summed E-state index contributed by atoms with van der Waals surface area (Å²) in [5.74, 6) is 0.294. The lowest BCUT2D eigenvalue weighted by Crippen LogP contribution is -2.06. The van der Waals surface area contributed by atoms with Gasteiger partial charge in [-0.05, 0) is 83.1 Å². The molecule has 1 heterocycles. The third-order valence-electron chi connectivity index (χ3n) is 5.35. The number of halogens is 1. The lowest BCUT2D eigenvalue weighted by Gasteiger charge is -2.13. The van der Waals surface area contributed by atoms with Crippen LogP contribution >= 0.6 is 22.6 Å². The Morgan fingerprint density at radius 2 is 1.78 bits per heavy atom. The van der Waals surface area contributed by atoms with E-state index in [1.165, 1.54) is 37.4 Å². The monoisotopic (exact) mass is 615 g/mol. The van der Waals surface area contributed by atoms with Crippen LogP contribution in [0, 0.1) is 30.7 Å². The van der Waals surface area contributed by atoms with Gasteiger partial charge in [-0.2, -0.15) is 0 Å². The molecule has 3 aromatic carbocycles. The molecule has 4 rings (SSSR count). The molecule has 0 spiro atoms. The Morgan fingerprint density at radius 3 is 2.41 bits per heavy atom. The molecule has 0 amide bonds. The van der Waals surface area contributed by atoms with Gasteiger partial charge in [0, 0.05) is 29.3 Å². The van der Waals surface area contributed by atoms with Crippen LogP contribution in [0.1, 0.15) is 22.3 Å². The molecule has 0 fully saturated rings. The van der Waals surface area contributed by atoms with Crippen LogP contribution in [0.5, 0.6) is 11.5 Å². The molecule has 188 valence electrons. The largest absolute Gasteiger partial charge is 0.493 e. The number of hydrogen-bond acceptors (Lipinski definition) is 9. The summed E-state index contributed by atoms with van der Waals surface area (Å²) in [6.45, 7) is 1.76. The summed E-state index contributed by atoms with van der Waals surface area (Å²) < 4.78 is 17.4. The second kappa shape index (κ2) is 10.7. The second-order valence-corrected chi connectivity index (χ2v) is 9.00. The smallest absolute Gasteiger partial charge is 0.363 e. The molecule has 0 radical (unpaired) electrons. The number of nitro benzene ring substituents is 2. The van der Waals surface area contributed by atoms with E-state index in [1.807, 2.05) is 0 Å². The van der Waals surface area contributed by atoms with Crippen molar-refractivity contribution in [1.29, 1.82) is 0 Å². The van der Waals surface area contributed by atoms with Crippen molar-refractivity contribution in [1.82, 2.24) is 0 Å². The number of benzene rings is 3. The van der Waals surface area contributed by atoms with Crippen molar-refractivity contribution in [3.63, 3.8) is 0 Å². The topological polar surface area (TPSA) is 143 Å². The summed E-state index contributed by atoms with van der Waals surface area (Å²) in [5.41, 5.74) is 2.23. The Bertz CT molecular complexity index is 1480. The molecule has 3 aromatic rings. The van der Waals surface area contributed by atoms with Gasteiger partial charge in [0.05, 0.1) is 20.5 Å². The minimum atomic E-state index is -0.654. The first-order valence-electron chi connectivity index (χ1n) is 10.7. The molecule has 0 N–H and O–H groups in total. The molecule has 0 unspecified atom stereocenters. The van der Waals surface area contributed by atoms with Gasteiger partial charge < -0.3 is 14.2 Å². The van der Waals surface area contributed by atoms with E-state index in [9.17, 15) is 25.0 Å². The fraction of sp³-hybridized carbons (Fsp3) is 0.120. The van der Waals surface area contributed by atoms with Crippen LogP contribution in [0.15, 0.2) is 65.3 Å². The molecule has 0 saturated heterocycles. The summed E-state index contributed by atoms with van der Waals surface area (Å²) in [6, 6.07) is 13.8. The first kappa shape index (κ1) is 25.8. The van der Waals surface area contributed by atoms with E-state index in [-0.39, 0.29) is 29.6 Å². The lowest BCUT2D eigenvalue weighted by molar-refractivity contribution is -0.385. The number of rotatable bonds is 8. The zero-order valence-electron chi connectivity index (χ0n) is 19.5. The molecule has 0 aromatic heterocycles. The molecule has 0 atom stereocenters. The quantitative estimate of drug-likeness (QED) is 0.109. The maximum absolute atomic E-state index is 12.4. The number of aryl methyl sites for hydroxylation is 1. The number of ether oxygens (including phenoxy) is 3. The van der Waals surface area contributed by atoms with Crippen molar-refractivity contribution in [3.8, 4) is 11.5 Å². The van der Waals surface area contributed by atoms with Gasteiger partial charge in [0.15, 0.2) is 17.2 Å². The first-order chi connectivity index (χ1) is 17.7. The number of non-ortho nitro benzene ring substituents is 1. The summed E-state index contributed by atoms with van der Waals surface area (Å²) >= 11 is 2.08. The lowest BCUT2D eigenvalue weighted by atomic mass is 10.1. The van der Waals surface area contributed by atoms with Gasteiger partial charge in [-0.3, -0.25) is 20.2 Å². The van der Waals surface area contributed by atoms with Crippen LogP contribution < -0.4 is 9.47 Å². The van der Waals surface area contributed by atoms with Crippen molar-refractivity contribution in [3.05, 3.63) is 106 Å². The van der Waals surface area contributed by atoms with Crippen LogP contribution in [0.25, 0.3) is 6.08 Å². The van der Waals surface area contributed by atoms with Crippen LogP contribution in [0.3, 0.4) is 0 Å². The van der Waals surface area contributed by atoms with Gasteiger partial charge in [-0.15, -0.1) is 0 Å². The Morgan fingerprint density at radius 1 is 1.05 bits per heavy atom. The summed E-state index contributed by atoms with van der Waals surface area (Å²) in [6.07, 6.45) is 1.54. The molecule has 0 aliphatic carbocycles. The number of aliphatic imine (C=N–C) groups is 1. The normalized spacial score (nSPS) is 13.8. The second-order valence-electron chi connectivity index (χ2n) is 7.84. The maximum atomic E-state index is 12.4. The van der Waals surface area contributed by atoms with Gasteiger partial charge in [0.2, 0.25) is 5.90 Å². The van der Waals surface area contributed by atoms with Gasteiger partial charge in [-0.1, -0.05) is 0 Å². The molecule has 0 bridgehead atoms. The highest BCUT2D eigenvalue weighted by molar-refractivity contribution is 14.1. The van der Waals surface area contributed by atoms with E-state index < -0.39 is 15.8 Å². The number of carbonyl (C=O) groups excluding carboxylic acids is 1. The van der Waals surface area contributed by atoms with Crippen LogP contribution in [0.4, 0.5) is 11.4 Å². The molecule has 1 aliphatic rings. The summed E-state index contributed by atoms with van der Waals surface area (Å²) in [7, 11) is 1.48. The van der Waals surface area contributed by atoms with Gasteiger partial charge >= 0.3 is 5.97 Å². The predicted octanol–water partition coefficient (Wildman–Crippen LogP) is 5.35. The van der Waals surface area contributed by atoms with Gasteiger partial charge in [0.25, 0.3) is 11.4 Å². The zero-order chi connectivity index (χ0) is 26.7. The van der Waals surface area contributed by atoms with Crippen molar-refractivity contribution >= 4 is 51.9 Å². The standard InChI is InChI=1S/C25H18IN3O8/c1-14-9-17(5-8-21(14)29(33)34)24-27-20(25(30)37-24)11-16-10-19(26)23(22(12-16)35-2)36-13-15-3-6-18(7-4-15)28(31)32/h3-12H,13H2,1-2H3/b20-11-. The van der Waals surface area contributed by atoms with E-state index in [0.717, 1.165) is 5.56 Å². The number of nitrogens with zero attached hydrogens (tertiary/aromatic N) is 3. The number of nitro groups is 2. The number of hydrogen-bond donors (Lipinski definition) is 0. The summed E-state index contributed by atoms with van der Waals surface area (Å²) in [5, 5.41) is 21.9. The maximum Gasteiger partial charge on any atom is 0.363 e. The van der Waals surface area contributed by atoms with Crippen LogP contribution in [0.2, 0.25) is 0 Å². The minimum absolute atomic E-state index is 0.00623. The fourth-order valence-corrected chi connectivity index (χ4v) is 4.30. The average molecular weight is 615 g/mol. The molecule has 37 heavy (non-hydrogen) atoms. The number of methoxy groups -OCH3 is 1. The Balaban J connectivity index is 1.56. The van der Waals surface area contributed by atoms with Crippen LogP contribution in [-0.4, -0.2) is 28.8 Å². The predicted molar refractivity (Wildman–Crippen MR) is 142 cm³/mol. The number of cyclic esters (lactones) is 1. The zero-order valence-corrected chi connectivity index (χ0v) is 21.6. The van der Waals surface area contributed by atoms with E-state index in [4.69, 9.17) is 14.2 Å². The SMILES string of the molecule is COc1cc(/C=C2\N=C(c3ccc([N+](=O)[O-])c(C)c3)OC2=O)cc(I)c1OCc1ccc([N+](=O)[O-])cc1. The van der Waals surface area contributed by atoms with E-state index in [2.05, 4.69) is 27.6 Å². The molecule has 0 saturated carbocycles. The van der Waals surface area contributed by atoms with Crippen molar-refractivity contribution in [2.24, 2.45) is 4.99 Å². The molecular weight excluding hydrogens is 597 g/mol. The van der Waals surface area contributed by atoms with Crippen molar-refractivity contribution < 1.29 is 28.9 Å². The van der Waals surface area contributed by atoms with E-state index >= 15 is 0 Å². The average Bonchev–Trinajstić information content (AvgIpc) is 3.22. The highest BCUT2D eigenvalue weighted by Gasteiger charge is 2.26. The third-order valence-corrected chi connectivity index (χ3v) is 6.15. The van der Waals surface area contributed by atoms with Gasteiger partial charge in [-0.25, -0.2) is 9.79 Å². The van der Waals surface area contributed by atoms with E-state index in [0.29, 0.717) is 31.8 Å². The summed E-state index contributed by atoms with van der Waals surface area (Å²) in [4.78, 5) is 37.6. The fourth-order valence-electron chi connectivity index (χ4n) is 3.52.